The summed E-state index contributed by atoms with van der Waals surface area (Å²) in [5.74, 6) is -0.888. The third-order valence-electron chi connectivity index (χ3n) is 2.51. The molecule has 0 aromatic heterocycles. The van der Waals surface area contributed by atoms with Crippen molar-refractivity contribution in [3.63, 3.8) is 0 Å². The molecule has 8 nitrogen and oxygen atoms in total. The third-order valence-corrected chi connectivity index (χ3v) is 3.53. The topological polar surface area (TPSA) is 122 Å². The summed E-state index contributed by atoms with van der Waals surface area (Å²) in [4.78, 5) is 21.2. The van der Waals surface area contributed by atoms with Gasteiger partial charge in [-0.05, 0) is 18.3 Å². The van der Waals surface area contributed by atoms with Gasteiger partial charge in [-0.25, -0.2) is 9.52 Å². The van der Waals surface area contributed by atoms with Crippen molar-refractivity contribution >= 4 is 22.3 Å². The molecule has 0 saturated heterocycles. The Bertz CT molecular complexity index is 418. The molecule has 0 aliphatic rings. The quantitative estimate of drug-likeness (QED) is 0.598. The van der Waals surface area contributed by atoms with Crippen molar-refractivity contribution in [1.82, 2.24) is 9.44 Å². The number of amides is 1. The van der Waals surface area contributed by atoms with E-state index >= 15 is 0 Å². The van der Waals surface area contributed by atoms with Crippen LogP contribution >= 0.6 is 0 Å². The molecule has 0 rings (SSSR count). The highest BCUT2D eigenvalue weighted by molar-refractivity contribution is 7.88. The molecule has 19 heavy (non-hydrogen) atoms. The van der Waals surface area contributed by atoms with E-state index in [1.165, 1.54) is 0 Å². The summed E-state index contributed by atoms with van der Waals surface area (Å²) in [6.07, 6.45) is -0.158. The molecule has 0 bridgehead atoms. The van der Waals surface area contributed by atoms with Gasteiger partial charge in [-0.3, -0.25) is 4.79 Å². The minimum atomic E-state index is -3.94. The van der Waals surface area contributed by atoms with E-state index in [0.717, 1.165) is 7.11 Å². The number of carbonyl (C=O) groups excluding carboxylic acids is 1. The molecule has 112 valence electrons. The molecule has 0 saturated carbocycles. The first kappa shape index (κ1) is 17.6. The minimum absolute atomic E-state index is 0.0279. The second kappa shape index (κ2) is 7.29. The van der Waals surface area contributed by atoms with Crippen LogP contribution in [0.2, 0.25) is 0 Å². The lowest BCUT2D eigenvalue weighted by molar-refractivity contribution is -0.137. The minimum Gasteiger partial charge on any atom is -0.481 e. The van der Waals surface area contributed by atoms with E-state index in [4.69, 9.17) is 5.11 Å². The Labute approximate surface area is 112 Å². The van der Waals surface area contributed by atoms with Crippen LogP contribution in [0, 0.1) is 5.41 Å². The number of carbonyl (C=O) groups is 2. The first-order chi connectivity index (χ1) is 8.58. The molecule has 0 unspecified atom stereocenters. The highest BCUT2D eigenvalue weighted by Gasteiger charge is 2.21. The van der Waals surface area contributed by atoms with E-state index in [1.807, 2.05) is 13.8 Å². The van der Waals surface area contributed by atoms with Gasteiger partial charge in [0.05, 0.1) is 7.11 Å². The molecule has 0 aliphatic heterocycles. The summed E-state index contributed by atoms with van der Waals surface area (Å²) in [5, 5.41) is 8.58. The van der Waals surface area contributed by atoms with E-state index < -0.39 is 22.3 Å². The molecule has 0 fully saturated rings. The fourth-order valence-electron chi connectivity index (χ4n) is 1.28. The van der Waals surface area contributed by atoms with Crippen LogP contribution < -0.4 is 9.44 Å². The van der Waals surface area contributed by atoms with Gasteiger partial charge in [-0.2, -0.15) is 13.1 Å². The maximum absolute atomic E-state index is 11.3. The standard InChI is InChI=1S/C10H20N2O6S/c1-10(2,5-4-8(13)14)6-7-11-19(16,17)12-9(15)18-3/h11H,4-7H2,1-3H3,(H,12,15)(H,13,14). The lowest BCUT2D eigenvalue weighted by atomic mass is 9.84. The summed E-state index contributed by atoms with van der Waals surface area (Å²) in [6.45, 7) is 3.79. The largest absolute Gasteiger partial charge is 0.481 e. The zero-order valence-corrected chi connectivity index (χ0v) is 12.0. The van der Waals surface area contributed by atoms with Crippen molar-refractivity contribution in [3.8, 4) is 0 Å². The highest BCUT2D eigenvalue weighted by atomic mass is 32.2. The number of hydrogen-bond donors (Lipinski definition) is 3. The summed E-state index contributed by atoms with van der Waals surface area (Å²) >= 11 is 0. The Morgan fingerprint density at radius 2 is 1.84 bits per heavy atom. The number of methoxy groups -OCH3 is 1. The fraction of sp³-hybridized carbons (Fsp3) is 0.800. The number of ether oxygens (including phenoxy) is 1. The van der Waals surface area contributed by atoms with Crippen LogP contribution in [-0.4, -0.2) is 39.2 Å². The second-order valence-corrected chi connectivity index (χ2v) is 6.30. The number of aliphatic carboxylic acids is 1. The van der Waals surface area contributed by atoms with Crippen molar-refractivity contribution in [2.24, 2.45) is 5.41 Å². The molecule has 0 aliphatic carbocycles. The highest BCUT2D eigenvalue weighted by Crippen LogP contribution is 2.25. The van der Waals surface area contributed by atoms with Crippen molar-refractivity contribution < 1.29 is 27.9 Å². The van der Waals surface area contributed by atoms with Crippen LogP contribution in [0.4, 0.5) is 4.79 Å². The lowest BCUT2D eigenvalue weighted by Gasteiger charge is -2.23. The maximum atomic E-state index is 11.3. The third kappa shape index (κ3) is 9.25. The smallest absolute Gasteiger partial charge is 0.421 e. The molecule has 0 radical (unpaired) electrons. The van der Waals surface area contributed by atoms with Gasteiger partial charge in [0.1, 0.15) is 0 Å². The number of rotatable bonds is 8. The van der Waals surface area contributed by atoms with Gasteiger partial charge in [-0.15, -0.1) is 0 Å². The predicted molar refractivity (Wildman–Crippen MR) is 67.7 cm³/mol. The summed E-state index contributed by atoms with van der Waals surface area (Å²) in [5.41, 5.74) is -0.313. The zero-order chi connectivity index (χ0) is 15.1. The number of nitrogens with one attached hydrogen (secondary N) is 2. The van der Waals surface area contributed by atoms with Crippen molar-refractivity contribution in [1.29, 1.82) is 0 Å². The van der Waals surface area contributed by atoms with Gasteiger partial charge in [-0.1, -0.05) is 13.8 Å². The normalized spacial score (nSPS) is 11.9. The van der Waals surface area contributed by atoms with E-state index in [0.29, 0.717) is 12.8 Å². The second-order valence-electron chi connectivity index (χ2n) is 4.80. The lowest BCUT2D eigenvalue weighted by Crippen LogP contribution is -2.41. The monoisotopic (exact) mass is 296 g/mol. The Morgan fingerprint density at radius 3 is 2.32 bits per heavy atom. The average Bonchev–Trinajstić information content (AvgIpc) is 2.25. The Morgan fingerprint density at radius 1 is 1.26 bits per heavy atom. The van der Waals surface area contributed by atoms with Crippen LogP contribution in [0.15, 0.2) is 0 Å². The molecular weight excluding hydrogens is 276 g/mol. The molecule has 1 amide bonds. The Hall–Kier alpha value is -1.35. The fourth-order valence-corrected chi connectivity index (χ4v) is 2.03. The Kier molecular flexibility index (Phi) is 6.77. The van der Waals surface area contributed by atoms with E-state index in [9.17, 15) is 18.0 Å². The predicted octanol–water partition coefficient (Wildman–Crippen LogP) is 0.458. The molecule has 9 heteroatoms. The summed E-state index contributed by atoms with van der Waals surface area (Å²) in [7, 11) is -2.88. The van der Waals surface area contributed by atoms with Crippen molar-refractivity contribution in [3.05, 3.63) is 0 Å². The first-order valence-corrected chi connectivity index (χ1v) is 7.13. The summed E-state index contributed by atoms with van der Waals surface area (Å²) < 4.78 is 30.7. The molecule has 0 aromatic carbocycles. The van der Waals surface area contributed by atoms with Crippen LogP contribution in [0.5, 0.6) is 0 Å². The SMILES string of the molecule is COC(=O)NS(=O)(=O)NCCC(C)(C)CCC(=O)O. The van der Waals surface area contributed by atoms with Crippen molar-refractivity contribution in [2.75, 3.05) is 13.7 Å². The van der Waals surface area contributed by atoms with Crippen molar-refractivity contribution in [2.45, 2.75) is 33.1 Å². The maximum Gasteiger partial charge on any atom is 0.421 e. The number of carboxylic acid groups (broad SMARTS) is 1. The van der Waals surface area contributed by atoms with Gasteiger partial charge < -0.3 is 9.84 Å². The molecule has 0 aromatic rings. The van der Waals surface area contributed by atoms with Gasteiger partial charge in [0, 0.05) is 13.0 Å². The van der Waals surface area contributed by atoms with Crippen LogP contribution in [-0.2, 0) is 19.7 Å². The Balaban J connectivity index is 4.13. The number of carboxylic acids is 1. The van der Waals surface area contributed by atoms with Crippen LogP contribution in [0.3, 0.4) is 0 Å². The van der Waals surface area contributed by atoms with Gasteiger partial charge in [0.15, 0.2) is 0 Å². The molecule has 0 atom stereocenters. The van der Waals surface area contributed by atoms with E-state index in [2.05, 4.69) is 9.46 Å². The average molecular weight is 296 g/mol. The van der Waals surface area contributed by atoms with E-state index in [-0.39, 0.29) is 18.4 Å². The first-order valence-electron chi connectivity index (χ1n) is 5.65. The molecule has 0 spiro atoms. The molecule has 3 N–H and O–H groups in total. The zero-order valence-electron chi connectivity index (χ0n) is 11.2. The van der Waals surface area contributed by atoms with E-state index in [1.54, 1.807) is 4.72 Å². The van der Waals surface area contributed by atoms with Gasteiger partial charge in [0.2, 0.25) is 0 Å². The van der Waals surface area contributed by atoms with Crippen LogP contribution in [0.1, 0.15) is 33.1 Å². The summed E-state index contributed by atoms with van der Waals surface area (Å²) in [6, 6.07) is 0. The molecular formula is C10H20N2O6S. The van der Waals surface area contributed by atoms with Gasteiger partial charge >= 0.3 is 22.3 Å². The van der Waals surface area contributed by atoms with Crippen LogP contribution in [0.25, 0.3) is 0 Å². The number of hydrogen-bond acceptors (Lipinski definition) is 5. The van der Waals surface area contributed by atoms with Gasteiger partial charge in [0.25, 0.3) is 0 Å². The molecule has 0 heterocycles.